The molecule has 0 atom stereocenters. The van der Waals surface area contributed by atoms with Gasteiger partial charge in [0.15, 0.2) is 6.61 Å². The molecule has 3 N–H and O–H groups in total. The van der Waals surface area contributed by atoms with Crippen LogP contribution in [0.2, 0.25) is 0 Å². The summed E-state index contributed by atoms with van der Waals surface area (Å²) in [4.78, 5) is 37.0. The Hall–Kier alpha value is -2.83. The number of esters is 2. The molecule has 1 heterocycles. The Morgan fingerprint density at radius 2 is 1.84 bits per heavy atom. The summed E-state index contributed by atoms with van der Waals surface area (Å²) in [6.07, 6.45) is 0.632. The minimum atomic E-state index is -4.17. The van der Waals surface area contributed by atoms with Gasteiger partial charge in [-0.05, 0) is 44.0 Å². The van der Waals surface area contributed by atoms with E-state index in [1.807, 2.05) is 6.92 Å². The van der Waals surface area contributed by atoms with Crippen molar-refractivity contribution in [1.29, 1.82) is 0 Å². The lowest BCUT2D eigenvalue weighted by molar-refractivity contribution is -0.119. The summed E-state index contributed by atoms with van der Waals surface area (Å²) in [5.74, 6) is -3.65. The number of amides is 1. The van der Waals surface area contributed by atoms with Gasteiger partial charge in [-0.3, -0.25) is 4.79 Å². The molecule has 2 aromatic rings. The number of nitrogens with one attached hydrogen (secondary N) is 1. The third kappa shape index (κ3) is 5.87. The van der Waals surface area contributed by atoms with Crippen LogP contribution in [-0.4, -0.2) is 39.5 Å². The molecular weight excluding hydrogens is 451 g/mol. The smallest absolute Gasteiger partial charge is 0.341 e. The van der Waals surface area contributed by atoms with Gasteiger partial charge in [0.25, 0.3) is 5.91 Å². The van der Waals surface area contributed by atoms with Gasteiger partial charge in [-0.1, -0.05) is 6.92 Å². The Balaban J connectivity index is 2.14. The molecule has 0 fully saturated rings. The van der Waals surface area contributed by atoms with E-state index in [4.69, 9.17) is 14.6 Å². The van der Waals surface area contributed by atoms with Crippen molar-refractivity contribution in [3.05, 3.63) is 45.6 Å². The lowest BCUT2D eigenvalue weighted by atomic mass is 10.1. The Labute approximate surface area is 182 Å². The highest BCUT2D eigenvalue weighted by Gasteiger charge is 2.24. The van der Waals surface area contributed by atoms with Gasteiger partial charge in [-0.15, -0.1) is 11.3 Å². The standard InChI is InChI=1S/C19H21FN2O7S2/c1-4-14-10(3)16(19(25)28-5-2)17(30-14)22-15(23)9-29-18(24)12-8-11(31(21,26)27)6-7-13(12)20/h6-8H,4-5,9H2,1-3H3,(H,22,23)(H2,21,26,27). The lowest BCUT2D eigenvalue weighted by Gasteiger charge is -2.09. The van der Waals surface area contributed by atoms with Crippen LogP contribution in [0, 0.1) is 12.7 Å². The number of hydrogen-bond donors (Lipinski definition) is 2. The van der Waals surface area contributed by atoms with Crippen LogP contribution in [0.3, 0.4) is 0 Å². The summed E-state index contributed by atoms with van der Waals surface area (Å²) >= 11 is 1.19. The fourth-order valence-electron chi connectivity index (χ4n) is 2.64. The van der Waals surface area contributed by atoms with Crippen molar-refractivity contribution in [3.63, 3.8) is 0 Å². The summed E-state index contributed by atoms with van der Waals surface area (Å²) in [7, 11) is -4.17. The van der Waals surface area contributed by atoms with E-state index in [0.717, 1.165) is 23.1 Å². The molecule has 0 saturated carbocycles. The van der Waals surface area contributed by atoms with Gasteiger partial charge in [0.2, 0.25) is 10.0 Å². The number of nitrogens with two attached hydrogens (primary N) is 1. The molecule has 2 rings (SSSR count). The van der Waals surface area contributed by atoms with Crippen molar-refractivity contribution in [2.45, 2.75) is 32.1 Å². The van der Waals surface area contributed by atoms with Gasteiger partial charge in [-0.25, -0.2) is 27.5 Å². The summed E-state index contributed by atoms with van der Waals surface area (Å²) < 4.78 is 46.5. The van der Waals surface area contributed by atoms with Crippen molar-refractivity contribution in [2.24, 2.45) is 5.14 Å². The average molecular weight is 473 g/mol. The second kappa shape index (κ2) is 9.98. The zero-order valence-corrected chi connectivity index (χ0v) is 18.6. The Morgan fingerprint density at radius 1 is 1.16 bits per heavy atom. The maximum Gasteiger partial charge on any atom is 0.341 e. The molecule has 0 radical (unpaired) electrons. The number of carbonyl (C=O) groups excluding carboxylic acids is 3. The zero-order valence-electron chi connectivity index (χ0n) is 17.0. The lowest BCUT2D eigenvalue weighted by Crippen LogP contribution is -2.22. The fraction of sp³-hybridized carbons (Fsp3) is 0.316. The molecule has 31 heavy (non-hydrogen) atoms. The van der Waals surface area contributed by atoms with Crippen LogP contribution >= 0.6 is 11.3 Å². The zero-order chi connectivity index (χ0) is 23.3. The first-order valence-electron chi connectivity index (χ1n) is 9.08. The van der Waals surface area contributed by atoms with Crippen molar-refractivity contribution < 1.29 is 36.7 Å². The summed E-state index contributed by atoms with van der Waals surface area (Å²) in [6.45, 7) is 4.65. The van der Waals surface area contributed by atoms with E-state index in [2.05, 4.69) is 5.32 Å². The van der Waals surface area contributed by atoms with Crippen LogP contribution in [-0.2, 0) is 30.7 Å². The molecule has 1 amide bonds. The third-order valence-corrected chi connectivity index (χ3v) is 6.38. The number of carbonyl (C=O) groups is 3. The average Bonchev–Trinajstić information content (AvgIpc) is 3.00. The van der Waals surface area contributed by atoms with Crippen LogP contribution < -0.4 is 10.5 Å². The molecule has 0 unspecified atom stereocenters. The Kier molecular flexibility index (Phi) is 7.87. The van der Waals surface area contributed by atoms with Crippen LogP contribution in [0.5, 0.6) is 0 Å². The number of thiophene rings is 1. The maximum atomic E-state index is 13.9. The van der Waals surface area contributed by atoms with Crippen LogP contribution in [0.1, 0.15) is 45.0 Å². The molecule has 0 aliphatic carbocycles. The summed E-state index contributed by atoms with van der Waals surface area (Å²) in [5.41, 5.74) is 0.210. The number of primary sulfonamides is 1. The minimum Gasteiger partial charge on any atom is -0.462 e. The monoisotopic (exact) mass is 472 g/mol. The van der Waals surface area contributed by atoms with Crippen LogP contribution in [0.15, 0.2) is 23.1 Å². The highest BCUT2D eigenvalue weighted by molar-refractivity contribution is 7.89. The largest absolute Gasteiger partial charge is 0.462 e. The van der Waals surface area contributed by atoms with Crippen molar-refractivity contribution in [2.75, 3.05) is 18.5 Å². The molecule has 0 bridgehead atoms. The van der Waals surface area contributed by atoms with Gasteiger partial charge in [0, 0.05) is 4.88 Å². The first-order valence-corrected chi connectivity index (χ1v) is 11.4. The molecule has 0 spiro atoms. The summed E-state index contributed by atoms with van der Waals surface area (Å²) in [5, 5.41) is 7.71. The number of anilines is 1. The first kappa shape index (κ1) is 24.4. The van der Waals surface area contributed by atoms with Gasteiger partial charge in [0.05, 0.1) is 22.6 Å². The summed E-state index contributed by atoms with van der Waals surface area (Å²) in [6, 6.07) is 2.37. The van der Waals surface area contributed by atoms with E-state index < -0.39 is 50.8 Å². The first-order chi connectivity index (χ1) is 14.5. The quantitative estimate of drug-likeness (QED) is 0.562. The van der Waals surface area contributed by atoms with E-state index in [-0.39, 0.29) is 17.2 Å². The van der Waals surface area contributed by atoms with Crippen LogP contribution in [0.25, 0.3) is 0 Å². The van der Waals surface area contributed by atoms with Crippen LogP contribution in [0.4, 0.5) is 9.39 Å². The molecule has 0 aliphatic heterocycles. The second-order valence-electron chi connectivity index (χ2n) is 6.24. The minimum absolute atomic E-state index is 0.156. The van der Waals surface area contributed by atoms with Gasteiger partial charge in [0.1, 0.15) is 10.8 Å². The predicted octanol–water partition coefficient (Wildman–Crippen LogP) is 2.38. The van der Waals surface area contributed by atoms with E-state index in [1.54, 1.807) is 13.8 Å². The van der Waals surface area contributed by atoms with Gasteiger partial charge < -0.3 is 14.8 Å². The number of sulfonamides is 1. The SMILES string of the molecule is CCOC(=O)c1c(NC(=O)COC(=O)c2cc(S(N)(=O)=O)ccc2F)sc(CC)c1C. The molecule has 12 heteroatoms. The fourth-order valence-corrected chi connectivity index (χ4v) is 4.33. The van der Waals surface area contributed by atoms with Crippen molar-refractivity contribution in [1.82, 2.24) is 0 Å². The topological polar surface area (TPSA) is 142 Å². The number of ether oxygens (including phenoxy) is 2. The highest BCUT2D eigenvalue weighted by atomic mass is 32.2. The van der Waals surface area contributed by atoms with E-state index >= 15 is 0 Å². The Morgan fingerprint density at radius 3 is 2.42 bits per heavy atom. The molecule has 0 saturated heterocycles. The number of rotatable bonds is 8. The number of aryl methyl sites for hydroxylation is 1. The molecule has 0 aliphatic rings. The van der Waals surface area contributed by atoms with E-state index in [9.17, 15) is 27.2 Å². The third-order valence-electron chi connectivity index (χ3n) is 4.12. The number of benzene rings is 1. The van der Waals surface area contributed by atoms with Gasteiger partial charge in [-0.2, -0.15) is 0 Å². The molecule has 9 nitrogen and oxygen atoms in total. The van der Waals surface area contributed by atoms with Crippen molar-refractivity contribution in [3.8, 4) is 0 Å². The van der Waals surface area contributed by atoms with E-state index in [0.29, 0.717) is 12.0 Å². The normalized spacial score (nSPS) is 11.1. The molecule has 168 valence electrons. The van der Waals surface area contributed by atoms with E-state index in [1.165, 1.54) is 11.3 Å². The van der Waals surface area contributed by atoms with Crippen molar-refractivity contribution >= 4 is 44.2 Å². The molecule has 1 aromatic carbocycles. The second-order valence-corrected chi connectivity index (χ2v) is 8.91. The maximum absolute atomic E-state index is 13.9. The highest BCUT2D eigenvalue weighted by Crippen LogP contribution is 2.34. The molecular formula is C19H21FN2O7S2. The Bertz CT molecular complexity index is 1130. The molecule has 1 aromatic heterocycles. The number of halogens is 1. The van der Waals surface area contributed by atoms with Gasteiger partial charge >= 0.3 is 11.9 Å². The predicted molar refractivity (Wildman–Crippen MR) is 111 cm³/mol. The number of hydrogen-bond acceptors (Lipinski definition) is 8.